The van der Waals surface area contributed by atoms with E-state index in [4.69, 9.17) is 14.9 Å². The van der Waals surface area contributed by atoms with Crippen LogP contribution < -0.4 is 4.74 Å². The molecule has 5 nitrogen and oxygen atoms in total. The van der Waals surface area contributed by atoms with Crippen LogP contribution in [0.3, 0.4) is 0 Å². The molecule has 0 aliphatic carbocycles. The smallest absolute Gasteiger partial charge is 0.341 e. The molecule has 0 amide bonds. The Morgan fingerprint density at radius 2 is 1.88 bits per heavy atom. The molecular formula is C12H9NO4. The summed E-state index contributed by atoms with van der Waals surface area (Å²) in [5, 5.41) is 18.0. The predicted molar refractivity (Wildman–Crippen MR) is 59.4 cm³/mol. The van der Waals surface area contributed by atoms with Crippen LogP contribution in [0.4, 0.5) is 0 Å². The third-order valence-corrected chi connectivity index (χ3v) is 2.05. The number of carbonyl (C=O) groups is 1. The number of phenolic OH excluding ortho intramolecular Hbond substituents is 1. The Morgan fingerprint density at radius 3 is 2.53 bits per heavy atom. The van der Waals surface area contributed by atoms with Gasteiger partial charge in [0.2, 0.25) is 5.88 Å². The van der Waals surface area contributed by atoms with E-state index >= 15 is 0 Å². The van der Waals surface area contributed by atoms with Crippen molar-refractivity contribution in [3.05, 3.63) is 48.2 Å². The van der Waals surface area contributed by atoms with Crippen molar-refractivity contribution in [2.45, 2.75) is 0 Å². The standard InChI is InChI=1S/C12H9NO4/c14-8-3-5-9(6-4-8)17-11-10(12(15)16)2-1-7-13-11/h1-7,14H,(H,15,16). The van der Waals surface area contributed by atoms with Crippen molar-refractivity contribution in [1.82, 2.24) is 4.98 Å². The molecule has 0 atom stereocenters. The largest absolute Gasteiger partial charge is 0.508 e. The third-order valence-electron chi connectivity index (χ3n) is 2.05. The van der Waals surface area contributed by atoms with Crippen molar-refractivity contribution in [3.8, 4) is 17.4 Å². The first-order valence-electron chi connectivity index (χ1n) is 4.82. The number of hydrogen-bond donors (Lipinski definition) is 2. The van der Waals surface area contributed by atoms with Gasteiger partial charge in [-0.3, -0.25) is 0 Å². The minimum Gasteiger partial charge on any atom is -0.508 e. The highest BCUT2D eigenvalue weighted by atomic mass is 16.5. The van der Waals surface area contributed by atoms with Crippen LogP contribution in [0.15, 0.2) is 42.6 Å². The van der Waals surface area contributed by atoms with E-state index in [1.165, 1.54) is 42.6 Å². The summed E-state index contributed by atoms with van der Waals surface area (Å²) in [7, 11) is 0. The molecule has 0 unspecified atom stereocenters. The lowest BCUT2D eigenvalue weighted by atomic mass is 10.3. The van der Waals surface area contributed by atoms with Crippen LogP contribution >= 0.6 is 0 Å². The number of carboxylic acids is 1. The number of aromatic nitrogens is 1. The first kappa shape index (κ1) is 10.9. The number of nitrogens with zero attached hydrogens (tertiary/aromatic N) is 1. The van der Waals surface area contributed by atoms with Crippen LogP contribution in [0.5, 0.6) is 17.4 Å². The van der Waals surface area contributed by atoms with E-state index in [2.05, 4.69) is 4.98 Å². The number of phenols is 1. The van der Waals surface area contributed by atoms with Crippen LogP contribution in [0.25, 0.3) is 0 Å². The van der Waals surface area contributed by atoms with Gasteiger partial charge < -0.3 is 14.9 Å². The molecule has 2 rings (SSSR count). The minimum absolute atomic E-state index is 0.0134. The van der Waals surface area contributed by atoms with Gasteiger partial charge in [0.15, 0.2) is 0 Å². The molecule has 2 N–H and O–H groups in total. The second-order valence-corrected chi connectivity index (χ2v) is 3.26. The summed E-state index contributed by atoms with van der Waals surface area (Å²) in [6.45, 7) is 0. The van der Waals surface area contributed by atoms with E-state index < -0.39 is 5.97 Å². The number of aromatic hydroxyl groups is 1. The molecule has 1 aromatic heterocycles. The molecule has 0 bridgehead atoms. The highest BCUT2D eigenvalue weighted by Crippen LogP contribution is 2.24. The Labute approximate surface area is 96.9 Å². The normalized spacial score (nSPS) is 9.88. The van der Waals surface area contributed by atoms with Crippen molar-refractivity contribution in [2.24, 2.45) is 0 Å². The van der Waals surface area contributed by atoms with Gasteiger partial charge in [-0.2, -0.15) is 0 Å². The van der Waals surface area contributed by atoms with E-state index in [0.717, 1.165) is 0 Å². The van der Waals surface area contributed by atoms with E-state index in [-0.39, 0.29) is 17.2 Å². The van der Waals surface area contributed by atoms with Gasteiger partial charge in [-0.1, -0.05) is 0 Å². The molecule has 0 fully saturated rings. The molecule has 0 aliphatic rings. The lowest BCUT2D eigenvalue weighted by Crippen LogP contribution is -2.01. The van der Waals surface area contributed by atoms with E-state index in [9.17, 15) is 4.79 Å². The summed E-state index contributed by atoms with van der Waals surface area (Å²) in [5.74, 6) is -0.571. The van der Waals surface area contributed by atoms with Crippen LogP contribution in [0, 0.1) is 0 Å². The van der Waals surface area contributed by atoms with Gasteiger partial charge in [0.1, 0.15) is 17.1 Å². The Balaban J connectivity index is 2.30. The number of rotatable bonds is 3. The molecule has 0 radical (unpaired) electrons. The maximum atomic E-state index is 10.9. The molecule has 0 spiro atoms. The second kappa shape index (κ2) is 4.52. The number of carboxylic acid groups (broad SMARTS) is 1. The Morgan fingerprint density at radius 1 is 1.18 bits per heavy atom. The van der Waals surface area contributed by atoms with E-state index in [0.29, 0.717) is 5.75 Å². The number of ether oxygens (including phenoxy) is 1. The molecule has 17 heavy (non-hydrogen) atoms. The van der Waals surface area contributed by atoms with Gasteiger partial charge in [0, 0.05) is 6.20 Å². The molecule has 0 aliphatic heterocycles. The van der Waals surface area contributed by atoms with Crippen LogP contribution in [-0.2, 0) is 0 Å². The Kier molecular flexibility index (Phi) is 2.91. The average Bonchev–Trinajstić information content (AvgIpc) is 2.32. The summed E-state index contributed by atoms with van der Waals surface area (Å²) in [4.78, 5) is 14.8. The first-order valence-corrected chi connectivity index (χ1v) is 4.82. The van der Waals surface area contributed by atoms with Crippen molar-refractivity contribution in [3.63, 3.8) is 0 Å². The number of benzene rings is 1. The fourth-order valence-corrected chi connectivity index (χ4v) is 1.26. The summed E-state index contributed by atoms with van der Waals surface area (Å²) in [5.41, 5.74) is -0.0134. The summed E-state index contributed by atoms with van der Waals surface area (Å²) >= 11 is 0. The predicted octanol–water partition coefficient (Wildman–Crippen LogP) is 2.28. The molecule has 5 heteroatoms. The van der Waals surface area contributed by atoms with Crippen LogP contribution in [-0.4, -0.2) is 21.2 Å². The molecule has 1 heterocycles. The van der Waals surface area contributed by atoms with Crippen molar-refractivity contribution in [1.29, 1.82) is 0 Å². The van der Waals surface area contributed by atoms with Gasteiger partial charge in [-0.25, -0.2) is 9.78 Å². The topological polar surface area (TPSA) is 79.7 Å². The Bertz CT molecular complexity index is 536. The molecule has 2 aromatic rings. The van der Waals surface area contributed by atoms with Gasteiger partial charge >= 0.3 is 5.97 Å². The zero-order chi connectivity index (χ0) is 12.3. The van der Waals surface area contributed by atoms with Crippen LogP contribution in [0.1, 0.15) is 10.4 Å². The second-order valence-electron chi connectivity index (χ2n) is 3.26. The number of aromatic carboxylic acids is 1. The SMILES string of the molecule is O=C(O)c1cccnc1Oc1ccc(O)cc1. The highest BCUT2D eigenvalue weighted by molar-refractivity contribution is 5.90. The van der Waals surface area contributed by atoms with Crippen molar-refractivity contribution >= 4 is 5.97 Å². The maximum absolute atomic E-state index is 10.9. The summed E-state index contributed by atoms with van der Waals surface area (Å²) < 4.78 is 5.32. The van der Waals surface area contributed by atoms with Crippen molar-refractivity contribution in [2.75, 3.05) is 0 Å². The fourth-order valence-electron chi connectivity index (χ4n) is 1.26. The van der Waals surface area contributed by atoms with Gasteiger partial charge in [0.25, 0.3) is 0 Å². The summed E-state index contributed by atoms with van der Waals surface area (Å²) in [6.07, 6.45) is 1.45. The summed E-state index contributed by atoms with van der Waals surface area (Å²) in [6, 6.07) is 8.86. The van der Waals surface area contributed by atoms with Gasteiger partial charge in [0.05, 0.1) is 0 Å². The molecule has 0 saturated carbocycles. The molecular weight excluding hydrogens is 222 g/mol. The van der Waals surface area contributed by atoms with Crippen molar-refractivity contribution < 1.29 is 19.7 Å². The number of pyridine rings is 1. The molecule has 86 valence electrons. The average molecular weight is 231 g/mol. The molecule has 0 saturated heterocycles. The van der Waals surface area contributed by atoms with Gasteiger partial charge in [-0.15, -0.1) is 0 Å². The fraction of sp³-hybridized carbons (Fsp3) is 0. The molecule has 1 aromatic carbocycles. The lowest BCUT2D eigenvalue weighted by molar-refractivity contribution is 0.0693. The number of hydrogen-bond acceptors (Lipinski definition) is 4. The van der Waals surface area contributed by atoms with Crippen LogP contribution in [0.2, 0.25) is 0 Å². The quantitative estimate of drug-likeness (QED) is 0.847. The minimum atomic E-state index is -1.10. The lowest BCUT2D eigenvalue weighted by Gasteiger charge is -2.06. The van der Waals surface area contributed by atoms with E-state index in [1.807, 2.05) is 0 Å². The third kappa shape index (κ3) is 2.52. The Hall–Kier alpha value is -2.56. The first-order chi connectivity index (χ1) is 8.16. The highest BCUT2D eigenvalue weighted by Gasteiger charge is 2.12. The maximum Gasteiger partial charge on any atom is 0.341 e. The zero-order valence-electron chi connectivity index (χ0n) is 8.70. The zero-order valence-corrected chi connectivity index (χ0v) is 8.70. The van der Waals surface area contributed by atoms with E-state index in [1.54, 1.807) is 0 Å². The van der Waals surface area contributed by atoms with Gasteiger partial charge in [-0.05, 0) is 36.4 Å². The monoisotopic (exact) mass is 231 g/mol.